The number of likely N-dealkylation sites (tertiary alicyclic amines) is 1. The molecule has 1 atom stereocenters. The summed E-state index contributed by atoms with van der Waals surface area (Å²) in [5, 5.41) is 10.3. The van der Waals surface area contributed by atoms with Crippen LogP contribution < -0.4 is 14.2 Å². The lowest BCUT2D eigenvalue weighted by molar-refractivity contribution is -0.0185. The molecule has 3 heterocycles. The Morgan fingerprint density at radius 1 is 1.35 bits per heavy atom. The number of ether oxygens (including phenoxy) is 3. The van der Waals surface area contributed by atoms with Crippen molar-refractivity contribution in [2.24, 2.45) is 0 Å². The maximum absolute atomic E-state index is 10.3. The molecule has 2 aliphatic heterocycles. The van der Waals surface area contributed by atoms with E-state index in [0.717, 1.165) is 36.4 Å². The standard InChI is InChI=1S/C19H24N2O5/c1-12-14(9-21-6-4-5-19(2,22)10-21)20-18(26-12)13-7-15(23-3)17-16(8-13)24-11-25-17/h7-8,22H,4-6,9-11H2,1-3H3/t19-/m0/s1. The quantitative estimate of drug-likeness (QED) is 0.898. The first-order valence-corrected chi connectivity index (χ1v) is 8.84. The SMILES string of the molecule is COc1cc(-c2nc(CN3CCC[C@](C)(O)C3)c(C)o2)cc2c1OCO2. The highest BCUT2D eigenvalue weighted by molar-refractivity contribution is 5.66. The molecule has 2 aromatic rings. The van der Waals surface area contributed by atoms with Crippen molar-refractivity contribution < 1.29 is 23.7 Å². The number of piperidine rings is 1. The fourth-order valence-electron chi connectivity index (χ4n) is 3.62. The number of oxazole rings is 1. The number of benzene rings is 1. The van der Waals surface area contributed by atoms with E-state index in [1.54, 1.807) is 7.11 Å². The summed E-state index contributed by atoms with van der Waals surface area (Å²) >= 11 is 0. The van der Waals surface area contributed by atoms with E-state index < -0.39 is 5.60 Å². The Hall–Kier alpha value is -2.25. The monoisotopic (exact) mass is 360 g/mol. The van der Waals surface area contributed by atoms with Crippen molar-refractivity contribution in [2.75, 3.05) is 27.0 Å². The molecule has 0 radical (unpaired) electrons. The second-order valence-electron chi connectivity index (χ2n) is 7.25. The Labute approximate surface area is 152 Å². The molecule has 1 N–H and O–H groups in total. The average molecular weight is 360 g/mol. The summed E-state index contributed by atoms with van der Waals surface area (Å²) in [6, 6.07) is 3.69. The van der Waals surface area contributed by atoms with Gasteiger partial charge in [-0.25, -0.2) is 4.98 Å². The summed E-state index contributed by atoms with van der Waals surface area (Å²) in [5.74, 6) is 3.14. The minimum atomic E-state index is -0.636. The van der Waals surface area contributed by atoms with Crippen molar-refractivity contribution in [2.45, 2.75) is 38.8 Å². The van der Waals surface area contributed by atoms with Crippen LogP contribution in [0, 0.1) is 6.92 Å². The van der Waals surface area contributed by atoms with E-state index >= 15 is 0 Å². The van der Waals surface area contributed by atoms with Crippen LogP contribution in [0.15, 0.2) is 16.5 Å². The van der Waals surface area contributed by atoms with Crippen LogP contribution in [-0.2, 0) is 6.54 Å². The van der Waals surface area contributed by atoms with Gasteiger partial charge in [-0.3, -0.25) is 4.90 Å². The largest absolute Gasteiger partial charge is 0.493 e. The normalized spacial score (nSPS) is 22.6. The highest BCUT2D eigenvalue weighted by Gasteiger charge is 2.29. The maximum atomic E-state index is 10.3. The van der Waals surface area contributed by atoms with Gasteiger partial charge in [-0.15, -0.1) is 0 Å². The summed E-state index contributed by atoms with van der Waals surface area (Å²) in [7, 11) is 1.59. The number of fused-ring (bicyclic) bond motifs is 1. The number of rotatable bonds is 4. The van der Waals surface area contributed by atoms with Crippen LogP contribution in [0.2, 0.25) is 0 Å². The molecule has 0 aliphatic carbocycles. The van der Waals surface area contributed by atoms with Crippen molar-refractivity contribution in [3.63, 3.8) is 0 Å². The minimum Gasteiger partial charge on any atom is -0.493 e. The van der Waals surface area contributed by atoms with E-state index in [-0.39, 0.29) is 6.79 Å². The molecule has 0 amide bonds. The topological polar surface area (TPSA) is 77.2 Å². The number of hydrogen-bond acceptors (Lipinski definition) is 7. The molecule has 1 fully saturated rings. The van der Waals surface area contributed by atoms with Gasteiger partial charge >= 0.3 is 0 Å². The summed E-state index contributed by atoms with van der Waals surface area (Å²) in [6.45, 7) is 6.24. The van der Waals surface area contributed by atoms with Crippen LogP contribution >= 0.6 is 0 Å². The van der Waals surface area contributed by atoms with Gasteiger partial charge in [0.1, 0.15) is 5.76 Å². The van der Waals surface area contributed by atoms with Crippen LogP contribution in [0.5, 0.6) is 17.2 Å². The highest BCUT2D eigenvalue weighted by atomic mass is 16.7. The Morgan fingerprint density at radius 3 is 2.96 bits per heavy atom. The predicted molar refractivity (Wildman–Crippen MR) is 94.5 cm³/mol. The number of β-amino-alcohol motifs (C(OH)–C–C–N with tert-alkyl or cyclic N) is 1. The zero-order chi connectivity index (χ0) is 18.3. The van der Waals surface area contributed by atoms with Gasteiger partial charge in [0, 0.05) is 18.7 Å². The van der Waals surface area contributed by atoms with Crippen molar-refractivity contribution in [3.8, 4) is 28.7 Å². The molecule has 7 heteroatoms. The number of nitrogens with zero attached hydrogens (tertiary/aromatic N) is 2. The molecular formula is C19H24N2O5. The van der Waals surface area contributed by atoms with Gasteiger partial charge in [0.2, 0.25) is 18.4 Å². The molecule has 1 saturated heterocycles. The van der Waals surface area contributed by atoms with Gasteiger partial charge in [0.25, 0.3) is 0 Å². The minimum absolute atomic E-state index is 0.180. The molecule has 140 valence electrons. The lowest BCUT2D eigenvalue weighted by Gasteiger charge is -2.36. The first-order chi connectivity index (χ1) is 12.4. The number of aliphatic hydroxyl groups is 1. The van der Waals surface area contributed by atoms with Gasteiger partial charge in [0.15, 0.2) is 11.5 Å². The summed E-state index contributed by atoms with van der Waals surface area (Å²) in [5.41, 5.74) is 1.03. The molecule has 0 saturated carbocycles. The molecule has 1 aromatic heterocycles. The summed E-state index contributed by atoms with van der Waals surface area (Å²) in [4.78, 5) is 6.90. The zero-order valence-electron chi connectivity index (χ0n) is 15.4. The summed E-state index contributed by atoms with van der Waals surface area (Å²) in [6.07, 6.45) is 1.82. The highest BCUT2D eigenvalue weighted by Crippen LogP contribution is 2.44. The Kier molecular flexibility index (Phi) is 4.28. The van der Waals surface area contributed by atoms with Crippen LogP contribution in [0.3, 0.4) is 0 Å². The molecule has 26 heavy (non-hydrogen) atoms. The molecule has 0 unspecified atom stereocenters. The third kappa shape index (κ3) is 3.24. The van der Waals surface area contributed by atoms with Gasteiger partial charge in [-0.1, -0.05) is 0 Å². The number of hydrogen-bond donors (Lipinski definition) is 1. The molecule has 2 aliphatic rings. The third-order valence-corrected chi connectivity index (χ3v) is 4.93. The van der Waals surface area contributed by atoms with E-state index in [9.17, 15) is 5.11 Å². The van der Waals surface area contributed by atoms with Gasteiger partial charge in [0.05, 0.1) is 18.4 Å². The molecule has 4 rings (SSSR count). The Morgan fingerprint density at radius 2 is 2.19 bits per heavy atom. The Bertz CT molecular complexity index is 815. The zero-order valence-corrected chi connectivity index (χ0v) is 15.4. The fraction of sp³-hybridized carbons (Fsp3) is 0.526. The number of aromatic nitrogens is 1. The van der Waals surface area contributed by atoms with Crippen LogP contribution in [0.25, 0.3) is 11.5 Å². The van der Waals surface area contributed by atoms with E-state index in [4.69, 9.17) is 18.6 Å². The van der Waals surface area contributed by atoms with Gasteiger partial charge in [-0.05, 0) is 45.4 Å². The van der Waals surface area contributed by atoms with Crippen molar-refractivity contribution in [3.05, 3.63) is 23.6 Å². The lowest BCUT2D eigenvalue weighted by Crippen LogP contribution is -2.45. The molecule has 0 spiro atoms. The van der Waals surface area contributed by atoms with E-state index in [0.29, 0.717) is 36.2 Å². The van der Waals surface area contributed by atoms with Gasteiger partial charge < -0.3 is 23.7 Å². The van der Waals surface area contributed by atoms with E-state index in [1.165, 1.54) is 0 Å². The van der Waals surface area contributed by atoms with Crippen LogP contribution in [-0.4, -0.2) is 47.6 Å². The molecule has 7 nitrogen and oxygen atoms in total. The van der Waals surface area contributed by atoms with Crippen molar-refractivity contribution >= 4 is 0 Å². The number of aryl methyl sites for hydroxylation is 1. The smallest absolute Gasteiger partial charge is 0.231 e. The van der Waals surface area contributed by atoms with E-state index in [1.807, 2.05) is 26.0 Å². The summed E-state index contributed by atoms with van der Waals surface area (Å²) < 4.78 is 22.2. The predicted octanol–water partition coefficient (Wildman–Crippen LogP) is 2.73. The third-order valence-electron chi connectivity index (χ3n) is 4.93. The second-order valence-corrected chi connectivity index (χ2v) is 7.25. The van der Waals surface area contributed by atoms with Crippen LogP contribution in [0.4, 0.5) is 0 Å². The van der Waals surface area contributed by atoms with E-state index in [2.05, 4.69) is 9.88 Å². The maximum Gasteiger partial charge on any atom is 0.231 e. The van der Waals surface area contributed by atoms with Gasteiger partial charge in [-0.2, -0.15) is 0 Å². The first kappa shape index (κ1) is 17.2. The first-order valence-electron chi connectivity index (χ1n) is 8.84. The molecule has 1 aromatic carbocycles. The van der Waals surface area contributed by atoms with Crippen molar-refractivity contribution in [1.29, 1.82) is 0 Å². The second kappa shape index (κ2) is 6.48. The van der Waals surface area contributed by atoms with Crippen LogP contribution in [0.1, 0.15) is 31.2 Å². The lowest BCUT2D eigenvalue weighted by atomic mass is 9.95. The fourth-order valence-corrected chi connectivity index (χ4v) is 3.62. The number of methoxy groups -OCH3 is 1. The molecule has 0 bridgehead atoms. The molecular weight excluding hydrogens is 336 g/mol. The Balaban J connectivity index is 1.59. The average Bonchev–Trinajstić information content (AvgIpc) is 3.20. The van der Waals surface area contributed by atoms with Crippen molar-refractivity contribution in [1.82, 2.24) is 9.88 Å².